The van der Waals surface area contributed by atoms with E-state index < -0.39 is 5.41 Å². The van der Waals surface area contributed by atoms with Crippen LogP contribution in [0.15, 0.2) is 41.2 Å². The van der Waals surface area contributed by atoms with Gasteiger partial charge in [-0.05, 0) is 12.5 Å². The zero-order valence-electron chi connectivity index (χ0n) is 8.64. The Bertz CT molecular complexity index is 402. The Balaban J connectivity index is 3.00. The maximum absolute atomic E-state index is 11.6. The average molecular weight is 204 g/mol. The highest BCUT2D eigenvalue weighted by Crippen LogP contribution is 2.24. The van der Waals surface area contributed by atoms with Crippen molar-refractivity contribution in [3.05, 3.63) is 46.5 Å². The molecule has 0 aromatic carbocycles. The Kier molecular flexibility index (Phi) is 3.31. The molecule has 1 unspecified atom stereocenters. The average Bonchev–Trinajstić information content (AvgIpc) is 2.42. The van der Waals surface area contributed by atoms with Crippen LogP contribution in [-0.2, 0) is 4.79 Å². The number of amides is 1. The first-order valence-corrected chi connectivity index (χ1v) is 4.48. The van der Waals surface area contributed by atoms with E-state index in [2.05, 4.69) is 15.3 Å². The van der Waals surface area contributed by atoms with Crippen LogP contribution >= 0.6 is 0 Å². The van der Waals surface area contributed by atoms with Crippen molar-refractivity contribution in [2.45, 2.75) is 6.92 Å². The zero-order valence-corrected chi connectivity index (χ0v) is 8.64. The van der Waals surface area contributed by atoms with Crippen molar-refractivity contribution in [3.63, 3.8) is 0 Å². The zero-order chi connectivity index (χ0) is 11.3. The molecule has 0 saturated heterocycles. The van der Waals surface area contributed by atoms with Crippen molar-refractivity contribution in [2.24, 2.45) is 10.5 Å². The molecular weight excluding hydrogens is 192 g/mol. The second-order valence-electron chi connectivity index (χ2n) is 3.34. The van der Waals surface area contributed by atoms with E-state index in [9.17, 15) is 4.79 Å². The quantitative estimate of drug-likeness (QED) is 0.417. The minimum atomic E-state index is -0.696. The minimum absolute atomic E-state index is 0.106. The number of carbonyl (C=O) groups is 1. The first kappa shape index (κ1) is 11.1. The smallest absolute Gasteiger partial charge is 0.233 e. The summed E-state index contributed by atoms with van der Waals surface area (Å²) in [5, 5.41) is 6.05. The monoisotopic (exact) mass is 204 g/mol. The summed E-state index contributed by atoms with van der Waals surface area (Å²) < 4.78 is 0. The standard InChI is InChI=1S/C10H12N4O/c1-10(9(15)12-2)6-3-4-8(5-7-10)13-14-11/h3-7H,1-2H3,(H,12,15). The number of hydrogen-bond acceptors (Lipinski definition) is 2. The maximum atomic E-state index is 11.6. The topological polar surface area (TPSA) is 77.9 Å². The molecule has 78 valence electrons. The van der Waals surface area contributed by atoms with Crippen LogP contribution in [0.25, 0.3) is 10.4 Å². The molecule has 5 nitrogen and oxygen atoms in total. The highest BCUT2D eigenvalue weighted by molar-refractivity contribution is 5.86. The molecule has 15 heavy (non-hydrogen) atoms. The molecule has 0 fully saturated rings. The van der Waals surface area contributed by atoms with Gasteiger partial charge in [0.25, 0.3) is 0 Å². The molecule has 0 radical (unpaired) electrons. The predicted octanol–water partition coefficient (Wildman–Crippen LogP) is 2.06. The molecule has 5 heteroatoms. The van der Waals surface area contributed by atoms with E-state index in [1.54, 1.807) is 44.4 Å². The van der Waals surface area contributed by atoms with Gasteiger partial charge < -0.3 is 5.32 Å². The van der Waals surface area contributed by atoms with Gasteiger partial charge in [0.05, 0.1) is 5.41 Å². The molecule has 0 bridgehead atoms. The molecule has 0 saturated carbocycles. The number of hydrogen-bond donors (Lipinski definition) is 1. The van der Waals surface area contributed by atoms with Crippen molar-refractivity contribution < 1.29 is 4.79 Å². The summed E-state index contributed by atoms with van der Waals surface area (Å²) in [5.74, 6) is -0.106. The summed E-state index contributed by atoms with van der Waals surface area (Å²) in [6.07, 6.45) is 8.46. The van der Waals surface area contributed by atoms with E-state index >= 15 is 0 Å². The Labute approximate surface area is 87.8 Å². The van der Waals surface area contributed by atoms with Gasteiger partial charge in [-0.3, -0.25) is 4.79 Å². The third-order valence-corrected chi connectivity index (χ3v) is 2.19. The van der Waals surface area contributed by atoms with E-state index in [4.69, 9.17) is 5.53 Å². The molecule has 0 spiro atoms. The number of carbonyl (C=O) groups excluding carboxylic acids is 1. The highest BCUT2D eigenvalue weighted by Gasteiger charge is 2.26. The maximum Gasteiger partial charge on any atom is 0.233 e. The van der Waals surface area contributed by atoms with Gasteiger partial charge in [0.2, 0.25) is 5.91 Å². The van der Waals surface area contributed by atoms with Crippen LogP contribution in [0.2, 0.25) is 0 Å². The lowest BCUT2D eigenvalue weighted by Crippen LogP contribution is -2.33. The largest absolute Gasteiger partial charge is 0.358 e. The second-order valence-corrected chi connectivity index (χ2v) is 3.34. The van der Waals surface area contributed by atoms with Crippen molar-refractivity contribution in [1.29, 1.82) is 0 Å². The number of nitrogens with zero attached hydrogens (tertiary/aromatic N) is 3. The van der Waals surface area contributed by atoms with Crippen molar-refractivity contribution in [2.75, 3.05) is 7.05 Å². The van der Waals surface area contributed by atoms with Gasteiger partial charge in [-0.15, -0.1) is 0 Å². The Hall–Kier alpha value is -2.00. The molecule has 0 aromatic rings. The van der Waals surface area contributed by atoms with E-state index in [0.29, 0.717) is 5.70 Å². The number of allylic oxidation sites excluding steroid dienone is 3. The van der Waals surface area contributed by atoms with E-state index in [1.807, 2.05) is 0 Å². The molecule has 1 N–H and O–H groups in total. The Morgan fingerprint density at radius 3 is 2.93 bits per heavy atom. The lowest BCUT2D eigenvalue weighted by Gasteiger charge is -2.18. The third kappa shape index (κ3) is 2.48. The molecule has 1 amide bonds. The van der Waals surface area contributed by atoms with Crippen LogP contribution in [0.4, 0.5) is 0 Å². The normalized spacial score (nSPS) is 23.7. The summed E-state index contributed by atoms with van der Waals surface area (Å²) in [6, 6.07) is 0. The molecule has 0 aromatic heterocycles. The number of rotatable bonds is 2. The van der Waals surface area contributed by atoms with Crippen LogP contribution in [-0.4, -0.2) is 13.0 Å². The van der Waals surface area contributed by atoms with Crippen molar-refractivity contribution in [1.82, 2.24) is 5.32 Å². The van der Waals surface area contributed by atoms with Crippen LogP contribution in [0.5, 0.6) is 0 Å². The molecule has 1 atom stereocenters. The molecule has 1 aliphatic rings. The van der Waals surface area contributed by atoms with Crippen molar-refractivity contribution >= 4 is 5.91 Å². The number of azide groups is 1. The first-order chi connectivity index (χ1) is 7.12. The number of nitrogens with one attached hydrogen (secondary N) is 1. The van der Waals surface area contributed by atoms with E-state index in [1.165, 1.54) is 0 Å². The third-order valence-electron chi connectivity index (χ3n) is 2.19. The Morgan fingerprint density at radius 2 is 2.33 bits per heavy atom. The van der Waals surface area contributed by atoms with E-state index in [0.717, 1.165) is 0 Å². The SMILES string of the molecule is CNC(=O)C1(C)C=CC=C(N=[N+]=[N-])C=C1. The van der Waals surface area contributed by atoms with Crippen LogP contribution in [0.3, 0.4) is 0 Å². The predicted molar refractivity (Wildman–Crippen MR) is 57.7 cm³/mol. The van der Waals surface area contributed by atoms with Gasteiger partial charge in [-0.2, -0.15) is 0 Å². The summed E-state index contributed by atoms with van der Waals surface area (Å²) in [4.78, 5) is 14.3. The fourth-order valence-electron chi connectivity index (χ4n) is 1.26. The van der Waals surface area contributed by atoms with E-state index in [-0.39, 0.29) is 5.91 Å². The van der Waals surface area contributed by atoms with Gasteiger partial charge >= 0.3 is 0 Å². The molecular formula is C10H12N4O. The van der Waals surface area contributed by atoms with Gasteiger partial charge in [0, 0.05) is 17.7 Å². The fourth-order valence-corrected chi connectivity index (χ4v) is 1.26. The molecule has 0 aliphatic heterocycles. The summed E-state index contributed by atoms with van der Waals surface area (Å²) in [5.41, 5.74) is 8.07. The fraction of sp³-hybridized carbons (Fsp3) is 0.300. The van der Waals surface area contributed by atoms with Crippen LogP contribution in [0.1, 0.15) is 6.92 Å². The summed E-state index contributed by atoms with van der Waals surface area (Å²) >= 11 is 0. The second kappa shape index (κ2) is 4.48. The van der Waals surface area contributed by atoms with Crippen LogP contribution < -0.4 is 5.32 Å². The lowest BCUT2D eigenvalue weighted by atomic mass is 9.89. The molecule has 0 heterocycles. The molecule has 1 aliphatic carbocycles. The van der Waals surface area contributed by atoms with Gasteiger partial charge in [-0.1, -0.05) is 35.5 Å². The van der Waals surface area contributed by atoms with Crippen LogP contribution in [0, 0.1) is 5.41 Å². The highest BCUT2D eigenvalue weighted by atomic mass is 16.2. The summed E-state index contributed by atoms with van der Waals surface area (Å²) in [6.45, 7) is 1.78. The van der Waals surface area contributed by atoms with Crippen molar-refractivity contribution in [3.8, 4) is 0 Å². The Morgan fingerprint density at radius 1 is 1.60 bits per heavy atom. The minimum Gasteiger partial charge on any atom is -0.358 e. The molecule has 1 rings (SSSR count). The lowest BCUT2D eigenvalue weighted by molar-refractivity contribution is -0.125. The van der Waals surface area contributed by atoms with Gasteiger partial charge in [-0.25, -0.2) is 0 Å². The van der Waals surface area contributed by atoms with Gasteiger partial charge in [0.1, 0.15) is 0 Å². The summed E-state index contributed by atoms with van der Waals surface area (Å²) in [7, 11) is 1.59. The first-order valence-electron chi connectivity index (χ1n) is 4.48. The van der Waals surface area contributed by atoms with Gasteiger partial charge in [0.15, 0.2) is 0 Å².